The highest BCUT2D eigenvalue weighted by Gasteiger charge is 2.06. The van der Waals surface area contributed by atoms with Gasteiger partial charge < -0.3 is 4.90 Å². The third kappa shape index (κ3) is 4.71. The fourth-order valence-electron chi connectivity index (χ4n) is 1.51. The van der Waals surface area contributed by atoms with Gasteiger partial charge in [0, 0.05) is 19.3 Å². The number of nitrogens with zero attached hydrogens (tertiary/aromatic N) is 2. The average molecular weight is 224 g/mol. The van der Waals surface area contributed by atoms with Crippen LogP contribution in [0.25, 0.3) is 0 Å². The number of hydrogen-bond donors (Lipinski definition) is 0. The van der Waals surface area contributed by atoms with Gasteiger partial charge >= 0.3 is 0 Å². The van der Waals surface area contributed by atoms with Gasteiger partial charge in [0.1, 0.15) is 6.17 Å². The maximum Gasteiger partial charge on any atom is 0.101 e. The first kappa shape index (κ1) is 13.1. The number of rotatable bonds is 6. The highest BCUT2D eigenvalue weighted by atomic mass is 19.1. The van der Waals surface area contributed by atoms with E-state index in [1.54, 1.807) is 0 Å². The standard InChI is InChI=1S/C13H21FN2/c1-4-12(14)7-8-16(3)10-13-6-5-11(2)9-15-13/h5-6,9,12H,4,7-8,10H2,1-3H3. The van der Waals surface area contributed by atoms with Crippen LogP contribution in [0.5, 0.6) is 0 Å². The fraction of sp³-hybridized carbons (Fsp3) is 0.615. The number of aromatic nitrogens is 1. The van der Waals surface area contributed by atoms with Crippen molar-refractivity contribution < 1.29 is 4.39 Å². The number of aryl methyl sites for hydroxylation is 1. The number of alkyl halides is 1. The summed E-state index contributed by atoms with van der Waals surface area (Å²) in [5.74, 6) is 0. The van der Waals surface area contributed by atoms with E-state index in [2.05, 4.69) is 16.0 Å². The zero-order valence-electron chi connectivity index (χ0n) is 10.4. The van der Waals surface area contributed by atoms with Crippen LogP contribution in [0.3, 0.4) is 0 Å². The Bertz CT molecular complexity index is 297. The lowest BCUT2D eigenvalue weighted by Crippen LogP contribution is -2.22. The second-order valence-electron chi connectivity index (χ2n) is 4.36. The maximum atomic E-state index is 13.0. The summed E-state index contributed by atoms with van der Waals surface area (Å²) in [6, 6.07) is 4.08. The Labute approximate surface area is 97.5 Å². The highest BCUT2D eigenvalue weighted by Crippen LogP contribution is 2.06. The van der Waals surface area contributed by atoms with Crippen LogP contribution in [0.15, 0.2) is 18.3 Å². The topological polar surface area (TPSA) is 16.1 Å². The zero-order chi connectivity index (χ0) is 12.0. The van der Waals surface area contributed by atoms with Gasteiger partial charge in [0.15, 0.2) is 0 Å². The minimum atomic E-state index is -0.673. The van der Waals surface area contributed by atoms with E-state index in [-0.39, 0.29) is 0 Å². The summed E-state index contributed by atoms with van der Waals surface area (Å²) in [5.41, 5.74) is 2.21. The van der Waals surface area contributed by atoms with E-state index < -0.39 is 6.17 Å². The van der Waals surface area contributed by atoms with Crippen LogP contribution in [-0.2, 0) is 6.54 Å². The fourth-order valence-corrected chi connectivity index (χ4v) is 1.51. The van der Waals surface area contributed by atoms with Crippen molar-refractivity contribution in [2.24, 2.45) is 0 Å². The summed E-state index contributed by atoms with van der Waals surface area (Å²) < 4.78 is 13.0. The van der Waals surface area contributed by atoms with Crippen molar-refractivity contribution in [1.82, 2.24) is 9.88 Å². The van der Waals surface area contributed by atoms with Crippen molar-refractivity contribution in [3.05, 3.63) is 29.6 Å². The molecule has 0 saturated heterocycles. The summed E-state index contributed by atoms with van der Waals surface area (Å²) >= 11 is 0. The van der Waals surface area contributed by atoms with Crippen LogP contribution in [0.2, 0.25) is 0 Å². The third-order valence-corrected chi connectivity index (χ3v) is 2.67. The Morgan fingerprint density at radius 2 is 2.19 bits per heavy atom. The Morgan fingerprint density at radius 1 is 1.44 bits per heavy atom. The lowest BCUT2D eigenvalue weighted by Gasteiger charge is -2.17. The van der Waals surface area contributed by atoms with E-state index in [1.165, 1.54) is 5.56 Å². The first-order valence-corrected chi connectivity index (χ1v) is 5.86. The molecule has 1 aromatic rings. The molecule has 3 heteroatoms. The van der Waals surface area contributed by atoms with Crippen LogP contribution in [0, 0.1) is 6.92 Å². The van der Waals surface area contributed by atoms with Crippen molar-refractivity contribution in [3.63, 3.8) is 0 Å². The normalized spacial score (nSPS) is 13.1. The molecule has 1 heterocycles. The van der Waals surface area contributed by atoms with Gasteiger partial charge in [-0.25, -0.2) is 4.39 Å². The molecule has 1 unspecified atom stereocenters. The molecule has 0 aliphatic heterocycles. The predicted molar refractivity (Wildman–Crippen MR) is 65.1 cm³/mol. The molecular formula is C13H21FN2. The molecule has 0 bridgehead atoms. The molecule has 0 amide bonds. The molecule has 1 atom stereocenters. The predicted octanol–water partition coefficient (Wildman–Crippen LogP) is 2.96. The largest absolute Gasteiger partial charge is 0.300 e. The quantitative estimate of drug-likeness (QED) is 0.738. The van der Waals surface area contributed by atoms with Gasteiger partial charge in [0.05, 0.1) is 5.69 Å². The van der Waals surface area contributed by atoms with Crippen molar-refractivity contribution in [3.8, 4) is 0 Å². The molecule has 16 heavy (non-hydrogen) atoms. The SMILES string of the molecule is CCC(F)CCN(C)Cc1ccc(C)cn1. The van der Waals surface area contributed by atoms with Crippen LogP contribution in [0.4, 0.5) is 4.39 Å². The lowest BCUT2D eigenvalue weighted by atomic mass is 10.2. The van der Waals surface area contributed by atoms with Crippen molar-refractivity contribution in [2.75, 3.05) is 13.6 Å². The Kier molecular flexibility index (Phi) is 5.39. The van der Waals surface area contributed by atoms with Gasteiger partial charge in [0.25, 0.3) is 0 Å². The molecule has 0 saturated carbocycles. The van der Waals surface area contributed by atoms with E-state index in [0.717, 1.165) is 18.8 Å². The Balaban J connectivity index is 2.33. The third-order valence-electron chi connectivity index (χ3n) is 2.67. The van der Waals surface area contributed by atoms with Crippen LogP contribution >= 0.6 is 0 Å². The first-order chi connectivity index (χ1) is 7.61. The van der Waals surface area contributed by atoms with E-state index in [4.69, 9.17) is 0 Å². The molecule has 0 spiro atoms. The molecule has 2 nitrogen and oxygen atoms in total. The molecule has 0 aliphatic rings. The first-order valence-electron chi connectivity index (χ1n) is 5.86. The molecule has 0 aliphatic carbocycles. The van der Waals surface area contributed by atoms with Crippen LogP contribution in [-0.4, -0.2) is 29.6 Å². The monoisotopic (exact) mass is 224 g/mol. The van der Waals surface area contributed by atoms with Crippen molar-refractivity contribution in [2.45, 2.75) is 39.4 Å². The lowest BCUT2D eigenvalue weighted by molar-refractivity contribution is 0.242. The number of pyridine rings is 1. The molecule has 1 rings (SSSR count). The second kappa shape index (κ2) is 6.59. The molecule has 0 N–H and O–H groups in total. The zero-order valence-corrected chi connectivity index (χ0v) is 10.4. The second-order valence-corrected chi connectivity index (χ2v) is 4.36. The van der Waals surface area contributed by atoms with Crippen molar-refractivity contribution in [1.29, 1.82) is 0 Å². The molecule has 0 aromatic carbocycles. The minimum absolute atomic E-state index is 0.608. The van der Waals surface area contributed by atoms with Crippen LogP contribution < -0.4 is 0 Å². The van der Waals surface area contributed by atoms with E-state index >= 15 is 0 Å². The van der Waals surface area contributed by atoms with Gasteiger partial charge in [-0.05, 0) is 38.4 Å². The van der Waals surface area contributed by atoms with Gasteiger partial charge in [-0.15, -0.1) is 0 Å². The van der Waals surface area contributed by atoms with Gasteiger partial charge in [-0.3, -0.25) is 4.98 Å². The van der Waals surface area contributed by atoms with E-state index in [0.29, 0.717) is 12.8 Å². The molecule has 1 aromatic heterocycles. The average Bonchev–Trinajstić information content (AvgIpc) is 2.29. The molecule has 90 valence electrons. The smallest absolute Gasteiger partial charge is 0.101 e. The summed E-state index contributed by atoms with van der Waals surface area (Å²) in [5, 5.41) is 0. The van der Waals surface area contributed by atoms with Gasteiger partial charge in [0.2, 0.25) is 0 Å². The molecular weight excluding hydrogens is 203 g/mol. The number of hydrogen-bond acceptors (Lipinski definition) is 2. The van der Waals surface area contributed by atoms with Crippen LogP contribution in [0.1, 0.15) is 31.0 Å². The van der Waals surface area contributed by atoms with Gasteiger partial charge in [-0.1, -0.05) is 13.0 Å². The highest BCUT2D eigenvalue weighted by molar-refractivity contribution is 5.11. The summed E-state index contributed by atoms with van der Waals surface area (Å²) in [7, 11) is 2.00. The summed E-state index contributed by atoms with van der Waals surface area (Å²) in [6.45, 7) is 5.48. The van der Waals surface area contributed by atoms with E-state index in [9.17, 15) is 4.39 Å². The Morgan fingerprint density at radius 3 is 2.75 bits per heavy atom. The van der Waals surface area contributed by atoms with E-state index in [1.807, 2.05) is 33.2 Å². The van der Waals surface area contributed by atoms with Gasteiger partial charge in [-0.2, -0.15) is 0 Å². The molecule has 0 radical (unpaired) electrons. The minimum Gasteiger partial charge on any atom is -0.300 e. The summed E-state index contributed by atoms with van der Waals surface area (Å²) in [4.78, 5) is 6.44. The molecule has 0 fully saturated rings. The maximum absolute atomic E-state index is 13.0. The summed E-state index contributed by atoms with van der Waals surface area (Å²) in [6.07, 6.45) is 2.41. The number of halogens is 1. The Hall–Kier alpha value is -0.960. The van der Waals surface area contributed by atoms with Crippen molar-refractivity contribution >= 4 is 0 Å².